The van der Waals surface area contributed by atoms with E-state index in [9.17, 15) is 14.3 Å². The Balaban J connectivity index is 2.12. The van der Waals surface area contributed by atoms with Crippen LogP contribution >= 0.6 is 0 Å². The fourth-order valence-electron chi connectivity index (χ4n) is 2.38. The molecule has 0 amide bonds. The van der Waals surface area contributed by atoms with Gasteiger partial charge in [0.1, 0.15) is 4.90 Å². The van der Waals surface area contributed by atoms with E-state index in [-0.39, 0.29) is 16.6 Å². The summed E-state index contributed by atoms with van der Waals surface area (Å²) >= 11 is 0. The largest absolute Gasteiger partial charge is 0.381 e. The quantitative estimate of drug-likeness (QED) is 0.633. The molecule has 1 N–H and O–H groups in total. The van der Waals surface area contributed by atoms with Crippen LogP contribution in [0.15, 0.2) is 29.2 Å². The third-order valence-corrected chi connectivity index (χ3v) is 5.04. The molecule has 1 fully saturated rings. The summed E-state index contributed by atoms with van der Waals surface area (Å²) in [6, 6.07) is 6.25. The zero-order valence-electron chi connectivity index (χ0n) is 11.3. The van der Waals surface area contributed by atoms with E-state index < -0.39 is 15.7 Å². The Bertz CT molecular complexity index is 503. The van der Waals surface area contributed by atoms with Gasteiger partial charge in [-0.1, -0.05) is 12.1 Å². The molecule has 1 heterocycles. The van der Waals surface area contributed by atoms with Crippen LogP contribution in [0.3, 0.4) is 0 Å². The van der Waals surface area contributed by atoms with E-state index in [1.807, 2.05) is 7.05 Å². The molecular formula is C13H18N2O4S. The third kappa shape index (κ3) is 3.41. The molecule has 1 aliphatic rings. The molecule has 7 heteroatoms. The van der Waals surface area contributed by atoms with E-state index in [4.69, 9.17) is 4.74 Å². The lowest BCUT2D eigenvalue weighted by Crippen LogP contribution is -2.38. The highest BCUT2D eigenvalue weighted by Crippen LogP contribution is 2.24. The van der Waals surface area contributed by atoms with E-state index in [2.05, 4.69) is 5.32 Å². The Morgan fingerprint density at radius 3 is 2.90 bits per heavy atom. The topological polar surface area (TPSA) is 81.5 Å². The lowest BCUT2D eigenvalue weighted by atomic mass is 10.0. The first-order valence-electron chi connectivity index (χ1n) is 6.50. The van der Waals surface area contributed by atoms with Gasteiger partial charge in [-0.2, -0.15) is 0 Å². The highest BCUT2D eigenvalue weighted by atomic mass is 32.2. The number of hydrogen-bond acceptors (Lipinski definition) is 5. The molecule has 6 nitrogen and oxygen atoms in total. The summed E-state index contributed by atoms with van der Waals surface area (Å²) in [6.07, 6.45) is 0.930. The number of ether oxygens (including phenoxy) is 1. The zero-order chi connectivity index (χ0) is 14.5. The lowest BCUT2D eigenvalue weighted by molar-refractivity contribution is -0.387. The molecule has 0 aromatic heterocycles. The van der Waals surface area contributed by atoms with Crippen LogP contribution in [0.25, 0.3) is 0 Å². The molecule has 0 saturated carbocycles. The molecule has 20 heavy (non-hydrogen) atoms. The maximum atomic E-state index is 12.4. The van der Waals surface area contributed by atoms with Crippen LogP contribution in [-0.2, 0) is 15.5 Å². The molecule has 110 valence electrons. The van der Waals surface area contributed by atoms with Crippen LogP contribution in [0.5, 0.6) is 0 Å². The number of rotatable bonds is 6. The molecule has 1 saturated heterocycles. The van der Waals surface area contributed by atoms with Gasteiger partial charge in [-0.15, -0.1) is 0 Å². The molecule has 1 aliphatic heterocycles. The van der Waals surface area contributed by atoms with Gasteiger partial charge in [-0.05, 0) is 19.5 Å². The standard InChI is InChI=1S/C13H18N2O4S/c1-14-11(10-6-7-19-8-10)9-20(18)13-5-3-2-4-12(13)15(16)17/h2-5,10-11,14H,6-9H2,1H3. The van der Waals surface area contributed by atoms with E-state index in [1.54, 1.807) is 18.2 Å². The zero-order valence-corrected chi connectivity index (χ0v) is 12.1. The summed E-state index contributed by atoms with van der Waals surface area (Å²) < 4.78 is 17.8. The summed E-state index contributed by atoms with van der Waals surface area (Å²) in [4.78, 5) is 10.8. The average molecular weight is 298 g/mol. The van der Waals surface area contributed by atoms with E-state index in [0.29, 0.717) is 18.3 Å². The maximum absolute atomic E-state index is 12.4. The molecule has 0 radical (unpaired) electrons. The van der Waals surface area contributed by atoms with Crippen molar-refractivity contribution in [3.63, 3.8) is 0 Å². The lowest BCUT2D eigenvalue weighted by Gasteiger charge is -2.21. The molecule has 2 rings (SSSR count). The number of para-hydroxylation sites is 1. The minimum Gasteiger partial charge on any atom is -0.381 e. The van der Waals surface area contributed by atoms with Crippen LogP contribution in [0.1, 0.15) is 6.42 Å². The second-order valence-corrected chi connectivity index (χ2v) is 6.22. The smallest absolute Gasteiger partial charge is 0.285 e. The summed E-state index contributed by atoms with van der Waals surface area (Å²) in [5.41, 5.74) is -0.0802. The van der Waals surface area contributed by atoms with Crippen molar-refractivity contribution in [2.45, 2.75) is 17.4 Å². The van der Waals surface area contributed by atoms with Crippen molar-refractivity contribution in [2.24, 2.45) is 5.92 Å². The summed E-state index contributed by atoms with van der Waals surface area (Å²) in [7, 11) is 0.418. The summed E-state index contributed by atoms with van der Waals surface area (Å²) in [5.74, 6) is 0.668. The molecule has 0 bridgehead atoms. The first-order chi connectivity index (χ1) is 9.63. The highest BCUT2D eigenvalue weighted by Gasteiger charge is 2.28. The predicted molar refractivity (Wildman–Crippen MR) is 76.1 cm³/mol. The van der Waals surface area contributed by atoms with E-state index >= 15 is 0 Å². The number of hydrogen-bond donors (Lipinski definition) is 1. The predicted octanol–water partition coefficient (Wildman–Crippen LogP) is 1.33. The fourth-order valence-corrected chi connectivity index (χ4v) is 3.93. The fraction of sp³-hybridized carbons (Fsp3) is 0.538. The van der Waals surface area contributed by atoms with Crippen LogP contribution in [0, 0.1) is 16.0 Å². The third-order valence-electron chi connectivity index (χ3n) is 3.54. The summed E-state index contributed by atoms with van der Waals surface area (Å²) in [5, 5.41) is 14.1. The Labute approximate surface area is 120 Å². The monoisotopic (exact) mass is 298 g/mol. The molecule has 0 aliphatic carbocycles. The van der Waals surface area contributed by atoms with Gasteiger partial charge in [0.25, 0.3) is 5.69 Å². The SMILES string of the molecule is CNC(CS(=O)c1ccccc1[N+](=O)[O-])C1CCOC1. The highest BCUT2D eigenvalue weighted by molar-refractivity contribution is 7.85. The Morgan fingerprint density at radius 2 is 2.30 bits per heavy atom. The van der Waals surface area contributed by atoms with Crippen molar-refractivity contribution in [1.29, 1.82) is 0 Å². The van der Waals surface area contributed by atoms with Crippen molar-refractivity contribution >= 4 is 16.5 Å². The van der Waals surface area contributed by atoms with E-state index in [0.717, 1.165) is 13.0 Å². The van der Waals surface area contributed by atoms with Crippen LogP contribution < -0.4 is 5.32 Å². The van der Waals surface area contributed by atoms with Crippen molar-refractivity contribution in [2.75, 3.05) is 26.0 Å². The number of nitrogens with zero attached hydrogens (tertiary/aromatic N) is 1. The molecule has 3 atom stereocenters. The minimum absolute atomic E-state index is 0.0399. The second kappa shape index (κ2) is 6.92. The minimum atomic E-state index is -1.40. The van der Waals surface area contributed by atoms with Crippen LogP contribution in [0.2, 0.25) is 0 Å². The van der Waals surface area contributed by atoms with Gasteiger partial charge >= 0.3 is 0 Å². The molecule has 0 spiro atoms. The number of nitrogens with one attached hydrogen (secondary N) is 1. The Kier molecular flexibility index (Phi) is 5.22. The van der Waals surface area contributed by atoms with Gasteiger partial charge < -0.3 is 10.1 Å². The average Bonchev–Trinajstić information content (AvgIpc) is 2.98. The van der Waals surface area contributed by atoms with E-state index in [1.165, 1.54) is 6.07 Å². The van der Waals surface area contributed by atoms with Gasteiger partial charge in [-0.25, -0.2) is 0 Å². The molecule has 1 aromatic carbocycles. The molecular weight excluding hydrogens is 280 g/mol. The van der Waals surface area contributed by atoms with Crippen LogP contribution in [0.4, 0.5) is 5.69 Å². The van der Waals surface area contributed by atoms with Crippen molar-refractivity contribution in [3.05, 3.63) is 34.4 Å². The van der Waals surface area contributed by atoms with Gasteiger partial charge in [0.15, 0.2) is 0 Å². The summed E-state index contributed by atoms with van der Waals surface area (Å²) in [6.45, 7) is 1.38. The first-order valence-corrected chi connectivity index (χ1v) is 7.82. The van der Waals surface area contributed by atoms with Crippen LogP contribution in [-0.4, -0.2) is 41.2 Å². The van der Waals surface area contributed by atoms with Gasteiger partial charge in [0.05, 0.1) is 22.3 Å². The van der Waals surface area contributed by atoms with Gasteiger partial charge in [-0.3, -0.25) is 14.3 Å². The Hall–Kier alpha value is -1.31. The van der Waals surface area contributed by atoms with Gasteiger partial charge in [0.2, 0.25) is 0 Å². The number of nitro benzene ring substituents is 1. The maximum Gasteiger partial charge on any atom is 0.285 e. The number of benzene rings is 1. The molecule has 3 unspecified atom stereocenters. The number of nitro groups is 1. The van der Waals surface area contributed by atoms with Crippen molar-refractivity contribution in [1.82, 2.24) is 5.32 Å². The van der Waals surface area contributed by atoms with Crippen molar-refractivity contribution in [3.8, 4) is 0 Å². The molecule has 1 aromatic rings. The Morgan fingerprint density at radius 1 is 1.55 bits per heavy atom. The van der Waals surface area contributed by atoms with Gasteiger partial charge in [0, 0.05) is 30.4 Å². The first kappa shape index (κ1) is 15.1. The normalized spacial score (nSPS) is 21.6. The van der Waals surface area contributed by atoms with Crippen molar-refractivity contribution < 1.29 is 13.9 Å². The second-order valence-electron chi connectivity index (χ2n) is 4.76.